The van der Waals surface area contributed by atoms with Gasteiger partial charge in [0.05, 0.1) is 40.2 Å². The quantitative estimate of drug-likeness (QED) is 0.289. The molecule has 0 unspecified atom stereocenters. The first kappa shape index (κ1) is 24.8. The first-order valence-electron chi connectivity index (χ1n) is 9.68. The molecule has 0 saturated heterocycles. The smallest absolute Gasteiger partial charge is 0.250 e. The number of rotatable bonds is 11. The highest BCUT2D eigenvalue weighted by Gasteiger charge is 2.15. The van der Waals surface area contributed by atoms with Gasteiger partial charge in [-0.2, -0.15) is 0 Å². The lowest BCUT2D eigenvalue weighted by Gasteiger charge is -2.15. The van der Waals surface area contributed by atoms with Gasteiger partial charge in [-0.1, -0.05) is 23.2 Å². The van der Waals surface area contributed by atoms with E-state index in [-0.39, 0.29) is 48.0 Å². The Balaban J connectivity index is 1.96. The summed E-state index contributed by atoms with van der Waals surface area (Å²) in [5.41, 5.74) is 0.819. The molecule has 1 aromatic heterocycles. The van der Waals surface area contributed by atoms with Crippen molar-refractivity contribution < 1.29 is 27.8 Å². The fraction of sp³-hybridized carbons (Fsp3) is 0.286. The van der Waals surface area contributed by atoms with Crippen LogP contribution in [0, 0.1) is 5.82 Å². The lowest BCUT2D eigenvalue weighted by molar-refractivity contribution is -0.119. The van der Waals surface area contributed by atoms with Crippen molar-refractivity contribution in [1.29, 1.82) is 0 Å². The predicted molar refractivity (Wildman–Crippen MR) is 122 cm³/mol. The normalized spacial score (nSPS) is 10.9. The standard InChI is InChI=1S/C21H20Cl2F2N4O4/c1-31-10-20(30)28-18-6-12-16(9-19(18)33-5-4-32-3-2-24)26-11-27-21(12)29-17-8-14(23)13(22)7-15(17)25/h6-9,11H,2-5,10H2,1H3,(H,28,30)(H,26,27,29). The number of ether oxygens (including phenoxy) is 3. The van der Waals surface area contributed by atoms with E-state index < -0.39 is 18.4 Å². The van der Waals surface area contributed by atoms with Crippen molar-refractivity contribution in [3.8, 4) is 5.75 Å². The first-order valence-corrected chi connectivity index (χ1v) is 10.4. The van der Waals surface area contributed by atoms with Crippen LogP contribution >= 0.6 is 23.2 Å². The third-order valence-corrected chi connectivity index (χ3v) is 4.98. The maximum absolute atomic E-state index is 14.4. The largest absolute Gasteiger partial charge is 0.489 e. The topological polar surface area (TPSA) is 94.6 Å². The maximum atomic E-state index is 14.4. The van der Waals surface area contributed by atoms with Crippen LogP contribution in [0.3, 0.4) is 0 Å². The van der Waals surface area contributed by atoms with E-state index in [9.17, 15) is 13.6 Å². The minimum Gasteiger partial charge on any atom is -0.489 e. The molecule has 0 spiro atoms. The first-order chi connectivity index (χ1) is 15.9. The second-order valence-corrected chi connectivity index (χ2v) is 7.40. The summed E-state index contributed by atoms with van der Waals surface area (Å²) in [6.45, 7) is -0.543. The highest BCUT2D eigenvalue weighted by Crippen LogP contribution is 2.35. The van der Waals surface area contributed by atoms with Gasteiger partial charge in [-0.15, -0.1) is 0 Å². The molecule has 0 aliphatic carbocycles. The molecule has 0 radical (unpaired) electrons. The molecule has 1 heterocycles. The number of fused-ring (bicyclic) bond motifs is 1. The van der Waals surface area contributed by atoms with Gasteiger partial charge in [0, 0.05) is 18.6 Å². The number of nitrogens with one attached hydrogen (secondary N) is 2. The molecule has 2 aromatic carbocycles. The molecular weight excluding hydrogens is 481 g/mol. The molecule has 12 heteroatoms. The zero-order valence-corrected chi connectivity index (χ0v) is 19.0. The third kappa shape index (κ3) is 6.61. The van der Waals surface area contributed by atoms with Gasteiger partial charge in [0.15, 0.2) is 0 Å². The number of methoxy groups -OCH3 is 1. The Labute approximate surface area is 198 Å². The van der Waals surface area contributed by atoms with E-state index in [0.29, 0.717) is 22.3 Å². The molecule has 0 saturated carbocycles. The summed E-state index contributed by atoms with van der Waals surface area (Å²) in [5.74, 6) is -0.478. The van der Waals surface area contributed by atoms with Crippen molar-refractivity contribution in [1.82, 2.24) is 9.97 Å². The van der Waals surface area contributed by atoms with Gasteiger partial charge in [0.2, 0.25) is 5.91 Å². The summed E-state index contributed by atoms with van der Waals surface area (Å²) in [6, 6.07) is 5.59. The van der Waals surface area contributed by atoms with Crippen LogP contribution in [0.15, 0.2) is 30.6 Å². The van der Waals surface area contributed by atoms with Gasteiger partial charge >= 0.3 is 0 Å². The van der Waals surface area contributed by atoms with Crippen molar-refractivity contribution >= 4 is 57.2 Å². The van der Waals surface area contributed by atoms with Crippen LogP contribution in [0.25, 0.3) is 10.9 Å². The van der Waals surface area contributed by atoms with E-state index in [4.69, 9.17) is 37.4 Å². The minimum absolute atomic E-state index is 0.0357. The van der Waals surface area contributed by atoms with Crippen molar-refractivity contribution in [3.05, 3.63) is 46.5 Å². The molecule has 8 nitrogen and oxygen atoms in total. The van der Waals surface area contributed by atoms with Crippen LogP contribution < -0.4 is 15.4 Å². The SMILES string of the molecule is COCC(=O)Nc1cc2c(Nc3cc(Cl)c(Cl)cc3F)ncnc2cc1OCCOCCF. The van der Waals surface area contributed by atoms with Crippen LogP contribution in [0.4, 0.5) is 26.0 Å². The molecular formula is C21H20Cl2F2N4O4. The Bertz CT molecular complexity index is 1140. The predicted octanol–water partition coefficient (Wildman–Crippen LogP) is 4.77. The Morgan fingerprint density at radius 3 is 2.61 bits per heavy atom. The number of nitrogens with zero attached hydrogens (tertiary/aromatic N) is 2. The third-order valence-electron chi connectivity index (χ3n) is 4.26. The number of hydrogen-bond donors (Lipinski definition) is 2. The number of aromatic nitrogens is 2. The van der Waals surface area contributed by atoms with Crippen LogP contribution in [0.2, 0.25) is 10.0 Å². The molecule has 3 rings (SSSR count). The van der Waals surface area contributed by atoms with E-state index in [1.165, 1.54) is 19.5 Å². The molecule has 0 fully saturated rings. The highest BCUT2D eigenvalue weighted by atomic mass is 35.5. The lowest BCUT2D eigenvalue weighted by Crippen LogP contribution is -2.18. The fourth-order valence-corrected chi connectivity index (χ4v) is 3.15. The van der Waals surface area contributed by atoms with Crippen molar-refractivity contribution in [2.75, 3.05) is 50.8 Å². The van der Waals surface area contributed by atoms with Gasteiger partial charge in [0.1, 0.15) is 43.6 Å². The Kier molecular flexibility index (Phi) is 8.95. The number of benzene rings is 2. The maximum Gasteiger partial charge on any atom is 0.250 e. The molecule has 176 valence electrons. The molecule has 0 aliphatic rings. The summed E-state index contributed by atoms with van der Waals surface area (Å²) in [6.07, 6.45) is 1.29. The Morgan fingerprint density at radius 1 is 1.06 bits per heavy atom. The summed E-state index contributed by atoms with van der Waals surface area (Å²) in [4.78, 5) is 20.5. The zero-order valence-electron chi connectivity index (χ0n) is 17.5. The van der Waals surface area contributed by atoms with Gasteiger partial charge in [-0.05, 0) is 18.2 Å². The van der Waals surface area contributed by atoms with Gasteiger partial charge in [0.25, 0.3) is 0 Å². The zero-order chi connectivity index (χ0) is 23.8. The minimum atomic E-state index is -0.627. The molecule has 0 atom stereocenters. The fourth-order valence-electron chi connectivity index (χ4n) is 2.83. The van der Waals surface area contributed by atoms with E-state index in [0.717, 1.165) is 6.07 Å². The van der Waals surface area contributed by atoms with E-state index in [1.54, 1.807) is 12.1 Å². The van der Waals surface area contributed by atoms with Gasteiger partial charge in [-0.25, -0.2) is 18.7 Å². The Morgan fingerprint density at radius 2 is 1.85 bits per heavy atom. The van der Waals surface area contributed by atoms with Crippen LogP contribution in [-0.4, -0.2) is 56.1 Å². The molecule has 3 aromatic rings. The summed E-state index contributed by atoms with van der Waals surface area (Å²) in [7, 11) is 1.39. The number of alkyl halides is 1. The molecule has 0 aliphatic heterocycles. The van der Waals surface area contributed by atoms with Crippen molar-refractivity contribution in [3.63, 3.8) is 0 Å². The van der Waals surface area contributed by atoms with E-state index >= 15 is 0 Å². The number of hydrogen-bond acceptors (Lipinski definition) is 7. The second kappa shape index (κ2) is 11.9. The lowest BCUT2D eigenvalue weighted by atomic mass is 10.1. The van der Waals surface area contributed by atoms with E-state index in [2.05, 4.69) is 20.6 Å². The Hall–Kier alpha value is -2.79. The average Bonchev–Trinajstić information content (AvgIpc) is 2.78. The number of carbonyl (C=O) groups excluding carboxylic acids is 1. The molecule has 2 N–H and O–H groups in total. The van der Waals surface area contributed by atoms with Crippen molar-refractivity contribution in [2.45, 2.75) is 0 Å². The number of carbonyl (C=O) groups is 1. The molecule has 33 heavy (non-hydrogen) atoms. The summed E-state index contributed by atoms with van der Waals surface area (Å²) < 4.78 is 42.2. The van der Waals surface area contributed by atoms with Crippen LogP contribution in [-0.2, 0) is 14.3 Å². The van der Waals surface area contributed by atoms with Gasteiger partial charge < -0.3 is 24.8 Å². The second-order valence-electron chi connectivity index (χ2n) is 6.59. The number of amides is 1. The monoisotopic (exact) mass is 500 g/mol. The summed E-state index contributed by atoms with van der Waals surface area (Å²) >= 11 is 11.9. The number of anilines is 3. The van der Waals surface area contributed by atoms with E-state index in [1.807, 2.05) is 0 Å². The van der Waals surface area contributed by atoms with Crippen molar-refractivity contribution in [2.24, 2.45) is 0 Å². The van der Waals surface area contributed by atoms with Gasteiger partial charge in [-0.3, -0.25) is 4.79 Å². The highest BCUT2D eigenvalue weighted by molar-refractivity contribution is 6.42. The summed E-state index contributed by atoms with van der Waals surface area (Å²) in [5, 5.41) is 6.27. The molecule has 0 bridgehead atoms. The number of halogens is 4. The average molecular weight is 501 g/mol. The van der Waals surface area contributed by atoms with Crippen LogP contribution in [0.5, 0.6) is 5.75 Å². The molecule has 1 amide bonds. The van der Waals surface area contributed by atoms with Crippen LogP contribution in [0.1, 0.15) is 0 Å².